The average molecular weight is 397 g/mol. The van der Waals surface area contributed by atoms with Gasteiger partial charge in [-0.25, -0.2) is 4.31 Å². The Morgan fingerprint density at radius 3 is 2.39 bits per heavy atom. The van der Waals surface area contributed by atoms with Gasteiger partial charge in [-0.15, -0.1) is 10.2 Å². The van der Waals surface area contributed by atoms with Crippen LogP contribution in [-0.2, 0) is 6.54 Å². The zero-order valence-corrected chi connectivity index (χ0v) is 17.5. The standard InChI is InChI=1S/C21H28N6S/c1-3-26(4-2)28-19-10-11-20-22-23-21(27(20)17-19)25-14-12-24(13-15-25)16-18-8-6-5-7-9-18/h5-11,17H,3-4,12-16H2,1-2H3. The van der Waals surface area contributed by atoms with Gasteiger partial charge in [-0.05, 0) is 29.6 Å². The molecule has 4 rings (SSSR count). The lowest BCUT2D eigenvalue weighted by Crippen LogP contribution is -2.46. The molecule has 0 spiro atoms. The van der Waals surface area contributed by atoms with Crippen molar-refractivity contribution in [2.45, 2.75) is 25.3 Å². The van der Waals surface area contributed by atoms with E-state index in [9.17, 15) is 0 Å². The number of hydrogen-bond acceptors (Lipinski definition) is 6. The summed E-state index contributed by atoms with van der Waals surface area (Å²) < 4.78 is 4.48. The molecule has 1 aromatic carbocycles. The van der Waals surface area contributed by atoms with Gasteiger partial charge in [0.2, 0.25) is 5.95 Å². The second-order valence-corrected chi connectivity index (χ2v) is 8.22. The zero-order chi connectivity index (χ0) is 19.3. The molecule has 3 heterocycles. The lowest BCUT2D eigenvalue weighted by molar-refractivity contribution is 0.248. The predicted octanol–water partition coefficient (Wildman–Crippen LogP) is 3.40. The lowest BCUT2D eigenvalue weighted by Gasteiger charge is -2.34. The minimum atomic E-state index is 0.908. The molecule has 0 atom stereocenters. The van der Waals surface area contributed by atoms with Crippen LogP contribution >= 0.6 is 11.9 Å². The summed E-state index contributed by atoms with van der Waals surface area (Å²) in [5.74, 6) is 0.955. The highest BCUT2D eigenvalue weighted by Gasteiger charge is 2.21. The van der Waals surface area contributed by atoms with E-state index in [0.29, 0.717) is 0 Å². The Morgan fingerprint density at radius 2 is 1.68 bits per heavy atom. The van der Waals surface area contributed by atoms with Crippen LogP contribution in [0.25, 0.3) is 5.65 Å². The lowest BCUT2D eigenvalue weighted by atomic mass is 10.2. The van der Waals surface area contributed by atoms with Gasteiger partial charge in [-0.2, -0.15) is 0 Å². The van der Waals surface area contributed by atoms with E-state index < -0.39 is 0 Å². The summed E-state index contributed by atoms with van der Waals surface area (Å²) in [4.78, 5) is 6.09. The maximum Gasteiger partial charge on any atom is 0.231 e. The van der Waals surface area contributed by atoms with Crippen molar-refractivity contribution in [3.63, 3.8) is 0 Å². The van der Waals surface area contributed by atoms with E-state index in [1.807, 2.05) is 0 Å². The first kappa shape index (κ1) is 19.2. The number of aromatic nitrogens is 3. The molecule has 1 fully saturated rings. The van der Waals surface area contributed by atoms with Crippen molar-refractivity contribution in [3.8, 4) is 0 Å². The normalized spacial score (nSPS) is 15.6. The highest BCUT2D eigenvalue weighted by Crippen LogP contribution is 2.25. The van der Waals surface area contributed by atoms with Crippen LogP contribution in [0.1, 0.15) is 19.4 Å². The van der Waals surface area contributed by atoms with E-state index in [1.165, 1.54) is 10.5 Å². The van der Waals surface area contributed by atoms with E-state index in [1.54, 1.807) is 11.9 Å². The fourth-order valence-corrected chi connectivity index (χ4v) is 4.42. The van der Waals surface area contributed by atoms with Crippen molar-refractivity contribution in [2.75, 3.05) is 44.2 Å². The Morgan fingerprint density at radius 1 is 0.929 bits per heavy atom. The van der Waals surface area contributed by atoms with Crippen LogP contribution in [0, 0.1) is 0 Å². The Hall–Kier alpha value is -2.09. The van der Waals surface area contributed by atoms with E-state index in [2.05, 4.69) is 91.2 Å². The van der Waals surface area contributed by atoms with Crippen LogP contribution in [0.15, 0.2) is 53.6 Å². The third-order valence-electron chi connectivity index (χ3n) is 5.20. The van der Waals surface area contributed by atoms with Crippen molar-refractivity contribution in [3.05, 3.63) is 54.2 Å². The van der Waals surface area contributed by atoms with Crippen molar-refractivity contribution in [1.82, 2.24) is 23.8 Å². The topological polar surface area (TPSA) is 39.9 Å². The van der Waals surface area contributed by atoms with Crippen LogP contribution in [0.3, 0.4) is 0 Å². The Labute approximate surface area is 171 Å². The molecule has 3 aromatic rings. The Kier molecular flexibility index (Phi) is 6.14. The van der Waals surface area contributed by atoms with Gasteiger partial charge in [0.25, 0.3) is 0 Å². The highest BCUT2D eigenvalue weighted by atomic mass is 32.2. The molecule has 1 saturated heterocycles. The molecule has 1 aliphatic rings. The number of rotatable bonds is 7. The Bertz CT molecular complexity index is 884. The number of fused-ring (bicyclic) bond motifs is 1. The van der Waals surface area contributed by atoms with Crippen LogP contribution in [-0.4, -0.2) is 63.1 Å². The van der Waals surface area contributed by atoms with Crippen LogP contribution in [0.4, 0.5) is 5.95 Å². The SMILES string of the molecule is CCN(CC)Sc1ccc2nnc(N3CCN(Cc4ccccc4)CC3)n2c1. The first-order valence-corrected chi connectivity index (χ1v) is 10.8. The quantitative estimate of drug-likeness (QED) is 0.570. The summed E-state index contributed by atoms with van der Waals surface area (Å²) >= 11 is 1.79. The summed E-state index contributed by atoms with van der Waals surface area (Å²) in [5, 5.41) is 8.86. The largest absolute Gasteiger partial charge is 0.338 e. The van der Waals surface area contributed by atoms with Gasteiger partial charge < -0.3 is 4.90 Å². The monoisotopic (exact) mass is 396 g/mol. The molecule has 0 N–H and O–H groups in total. The number of hydrogen-bond donors (Lipinski definition) is 0. The van der Waals surface area contributed by atoms with Gasteiger partial charge in [0.1, 0.15) is 0 Å². The zero-order valence-electron chi connectivity index (χ0n) is 16.7. The van der Waals surface area contributed by atoms with E-state index in [4.69, 9.17) is 0 Å². The minimum Gasteiger partial charge on any atom is -0.338 e. The number of piperazine rings is 1. The third kappa shape index (κ3) is 4.32. The van der Waals surface area contributed by atoms with Crippen LogP contribution in [0.5, 0.6) is 0 Å². The van der Waals surface area contributed by atoms with Gasteiger partial charge in [0.05, 0.1) is 0 Å². The van der Waals surface area contributed by atoms with E-state index in [0.717, 1.165) is 57.4 Å². The fourth-order valence-electron chi connectivity index (χ4n) is 3.58. The third-order valence-corrected chi connectivity index (χ3v) is 6.43. The molecule has 0 amide bonds. The number of anilines is 1. The molecular weight excluding hydrogens is 368 g/mol. The highest BCUT2D eigenvalue weighted by molar-refractivity contribution is 7.97. The van der Waals surface area contributed by atoms with Crippen LogP contribution in [0.2, 0.25) is 0 Å². The summed E-state index contributed by atoms with van der Waals surface area (Å²) in [5.41, 5.74) is 2.28. The molecule has 7 heteroatoms. The van der Waals surface area contributed by atoms with Gasteiger partial charge in [-0.3, -0.25) is 9.30 Å². The maximum absolute atomic E-state index is 4.49. The van der Waals surface area contributed by atoms with Crippen molar-refractivity contribution in [1.29, 1.82) is 0 Å². The molecule has 6 nitrogen and oxygen atoms in total. The predicted molar refractivity (Wildman–Crippen MR) is 116 cm³/mol. The molecule has 0 bridgehead atoms. The summed E-state index contributed by atoms with van der Waals surface area (Å²) in [7, 11) is 0. The van der Waals surface area contributed by atoms with Gasteiger partial charge in [0.15, 0.2) is 5.65 Å². The van der Waals surface area contributed by atoms with Crippen LogP contribution < -0.4 is 4.90 Å². The molecule has 0 saturated carbocycles. The average Bonchev–Trinajstić information content (AvgIpc) is 3.16. The van der Waals surface area contributed by atoms with Gasteiger partial charge >= 0.3 is 0 Å². The molecule has 0 unspecified atom stereocenters. The number of pyridine rings is 1. The Balaban J connectivity index is 1.44. The fraction of sp³-hybridized carbons (Fsp3) is 0.429. The maximum atomic E-state index is 4.49. The number of nitrogens with zero attached hydrogens (tertiary/aromatic N) is 6. The van der Waals surface area contributed by atoms with Crippen molar-refractivity contribution < 1.29 is 0 Å². The minimum absolute atomic E-state index is 0.908. The van der Waals surface area contributed by atoms with Crippen molar-refractivity contribution >= 4 is 23.5 Å². The van der Waals surface area contributed by atoms with Gasteiger partial charge in [0, 0.05) is 56.9 Å². The molecule has 0 radical (unpaired) electrons. The summed E-state index contributed by atoms with van der Waals surface area (Å²) in [6, 6.07) is 14.9. The summed E-state index contributed by atoms with van der Waals surface area (Å²) in [6.07, 6.45) is 2.17. The van der Waals surface area contributed by atoms with E-state index >= 15 is 0 Å². The molecular formula is C21H28N6S. The van der Waals surface area contributed by atoms with E-state index in [-0.39, 0.29) is 0 Å². The first-order chi connectivity index (χ1) is 13.8. The molecule has 2 aromatic heterocycles. The molecule has 28 heavy (non-hydrogen) atoms. The second kappa shape index (κ2) is 8.94. The summed E-state index contributed by atoms with van der Waals surface area (Å²) in [6.45, 7) is 11.5. The smallest absolute Gasteiger partial charge is 0.231 e. The number of benzene rings is 1. The van der Waals surface area contributed by atoms with Gasteiger partial charge in [-0.1, -0.05) is 44.2 Å². The molecule has 148 valence electrons. The molecule has 0 aliphatic carbocycles. The second-order valence-electron chi connectivity index (χ2n) is 7.05. The first-order valence-electron chi connectivity index (χ1n) is 10.1. The molecule has 1 aliphatic heterocycles. The van der Waals surface area contributed by atoms with Crippen molar-refractivity contribution in [2.24, 2.45) is 0 Å².